The van der Waals surface area contributed by atoms with Gasteiger partial charge in [0.2, 0.25) is 11.1 Å². The molecule has 0 spiro atoms. The van der Waals surface area contributed by atoms with Gasteiger partial charge in [-0.1, -0.05) is 11.8 Å². The van der Waals surface area contributed by atoms with E-state index in [0.29, 0.717) is 28.8 Å². The second-order valence-electron chi connectivity index (χ2n) is 5.46. The predicted octanol–water partition coefficient (Wildman–Crippen LogP) is -1.99. The summed E-state index contributed by atoms with van der Waals surface area (Å²) in [5, 5.41) is 23.4. The van der Waals surface area contributed by atoms with Crippen LogP contribution in [0.3, 0.4) is 0 Å². The van der Waals surface area contributed by atoms with Crippen molar-refractivity contribution in [3.8, 4) is 0 Å². The fraction of sp³-hybridized carbons (Fsp3) is 0.500. The number of hydrogen-bond donors (Lipinski definition) is 4. The Morgan fingerprint density at radius 2 is 2.23 bits per heavy atom. The number of tetrazole rings is 1. The Kier molecular flexibility index (Phi) is 5.33. The van der Waals surface area contributed by atoms with Gasteiger partial charge in [0.05, 0.1) is 6.54 Å². The molecule has 26 heavy (non-hydrogen) atoms. The standard InChI is InChI=1S/C12H16N8O4S2/c13-6-8(21)20-7(10(22)23)5(3-25-9(6)20)4-26-12-16-17-18-19(12)2-1-15-11(14)24/h6,9H,1-4,13H2,(H,22,23)(H3,14,15,24)/t6?,9-/m1/s1. The van der Waals surface area contributed by atoms with Crippen LogP contribution in [0.2, 0.25) is 0 Å². The van der Waals surface area contributed by atoms with Crippen molar-refractivity contribution in [1.29, 1.82) is 0 Å². The molecule has 3 amide bonds. The van der Waals surface area contributed by atoms with Crippen LogP contribution in [-0.4, -0.2) is 77.6 Å². The van der Waals surface area contributed by atoms with Gasteiger partial charge in [0.1, 0.15) is 17.1 Å². The molecule has 3 heterocycles. The summed E-state index contributed by atoms with van der Waals surface area (Å²) in [5.74, 6) is -0.771. The number of aliphatic carboxylic acids is 1. The topological polar surface area (TPSA) is 182 Å². The Morgan fingerprint density at radius 1 is 1.46 bits per heavy atom. The highest BCUT2D eigenvalue weighted by Crippen LogP contribution is 2.40. The molecule has 2 atom stereocenters. The number of hydrogen-bond acceptors (Lipinski definition) is 9. The number of thioether (sulfide) groups is 2. The second-order valence-corrected chi connectivity index (χ2v) is 7.50. The van der Waals surface area contributed by atoms with E-state index in [9.17, 15) is 19.5 Å². The van der Waals surface area contributed by atoms with E-state index >= 15 is 0 Å². The number of amides is 3. The van der Waals surface area contributed by atoms with Crippen LogP contribution in [0.25, 0.3) is 0 Å². The lowest BCUT2D eigenvalue weighted by atomic mass is 10.0. The average molecular weight is 400 g/mol. The summed E-state index contributed by atoms with van der Waals surface area (Å²) in [4.78, 5) is 35.5. The van der Waals surface area contributed by atoms with Crippen LogP contribution in [0.5, 0.6) is 0 Å². The Morgan fingerprint density at radius 3 is 2.92 bits per heavy atom. The number of primary amides is 1. The molecule has 2 aliphatic heterocycles. The summed E-state index contributed by atoms with van der Waals surface area (Å²) >= 11 is 2.69. The minimum atomic E-state index is -1.16. The third-order valence-electron chi connectivity index (χ3n) is 3.79. The number of urea groups is 1. The van der Waals surface area contributed by atoms with Crippen molar-refractivity contribution in [2.75, 3.05) is 18.1 Å². The minimum Gasteiger partial charge on any atom is -0.477 e. The highest BCUT2D eigenvalue weighted by molar-refractivity contribution is 8.01. The molecule has 0 saturated carbocycles. The number of carbonyl (C=O) groups excluding carboxylic acids is 2. The Hall–Kier alpha value is -2.32. The molecule has 0 aliphatic carbocycles. The first kappa shape index (κ1) is 18.5. The van der Waals surface area contributed by atoms with Gasteiger partial charge in [0.15, 0.2) is 0 Å². The SMILES string of the molecule is NC(=O)NCCn1nnnc1SCC1=C(C(=O)O)N2C(=O)C(N)[C@H]2SC1. The van der Waals surface area contributed by atoms with E-state index < -0.39 is 18.0 Å². The van der Waals surface area contributed by atoms with E-state index in [1.165, 1.54) is 33.1 Å². The number of carboxylic acid groups (broad SMARTS) is 1. The maximum absolute atomic E-state index is 11.9. The molecule has 14 heteroatoms. The smallest absolute Gasteiger partial charge is 0.352 e. The monoisotopic (exact) mass is 400 g/mol. The molecule has 3 rings (SSSR count). The van der Waals surface area contributed by atoms with Crippen LogP contribution in [0.1, 0.15) is 0 Å². The zero-order valence-corrected chi connectivity index (χ0v) is 15.0. The number of fused-ring (bicyclic) bond motifs is 1. The molecule has 140 valence electrons. The lowest BCUT2D eigenvalue weighted by Crippen LogP contribution is -2.68. The first-order chi connectivity index (χ1) is 12.4. The predicted molar refractivity (Wildman–Crippen MR) is 91.9 cm³/mol. The lowest BCUT2D eigenvalue weighted by molar-refractivity contribution is -0.147. The van der Waals surface area contributed by atoms with Crippen molar-refractivity contribution in [3.05, 3.63) is 11.3 Å². The summed E-state index contributed by atoms with van der Waals surface area (Å²) in [6.07, 6.45) is 0. The number of nitrogens with one attached hydrogen (secondary N) is 1. The van der Waals surface area contributed by atoms with E-state index in [0.717, 1.165) is 0 Å². The van der Waals surface area contributed by atoms with Crippen LogP contribution in [-0.2, 0) is 16.1 Å². The first-order valence-electron chi connectivity index (χ1n) is 7.48. The van der Waals surface area contributed by atoms with Crippen molar-refractivity contribution in [3.63, 3.8) is 0 Å². The number of nitrogens with two attached hydrogens (primary N) is 2. The van der Waals surface area contributed by atoms with Gasteiger partial charge in [-0.3, -0.25) is 9.69 Å². The Balaban J connectivity index is 1.69. The number of rotatable bonds is 7. The van der Waals surface area contributed by atoms with Crippen molar-refractivity contribution in [1.82, 2.24) is 30.4 Å². The van der Waals surface area contributed by atoms with Gasteiger partial charge < -0.3 is 21.9 Å². The fourth-order valence-corrected chi connectivity index (χ4v) is 4.90. The molecule has 1 saturated heterocycles. The van der Waals surface area contributed by atoms with Gasteiger partial charge in [-0.05, 0) is 16.0 Å². The lowest BCUT2D eigenvalue weighted by Gasteiger charge is -2.48. The van der Waals surface area contributed by atoms with Gasteiger partial charge in [-0.2, -0.15) is 0 Å². The molecule has 6 N–H and O–H groups in total. The maximum Gasteiger partial charge on any atom is 0.352 e. The molecule has 1 aromatic rings. The molecule has 1 unspecified atom stereocenters. The summed E-state index contributed by atoms with van der Waals surface area (Å²) in [6.45, 7) is 0.577. The molecular formula is C12H16N8O4S2. The number of β-lactam (4-membered cyclic amide) rings is 1. The van der Waals surface area contributed by atoms with Gasteiger partial charge in [-0.25, -0.2) is 14.3 Å². The zero-order valence-electron chi connectivity index (χ0n) is 13.4. The van der Waals surface area contributed by atoms with Crippen molar-refractivity contribution in [2.24, 2.45) is 11.5 Å². The number of carbonyl (C=O) groups is 3. The average Bonchev–Trinajstić information content (AvgIpc) is 3.05. The van der Waals surface area contributed by atoms with Crippen LogP contribution in [0.15, 0.2) is 16.4 Å². The Labute approximate surface area is 155 Å². The van der Waals surface area contributed by atoms with Gasteiger partial charge >= 0.3 is 12.0 Å². The largest absolute Gasteiger partial charge is 0.477 e. The minimum absolute atomic E-state index is 0.0117. The molecule has 1 fully saturated rings. The summed E-state index contributed by atoms with van der Waals surface area (Å²) in [5.41, 5.74) is 11.3. The highest BCUT2D eigenvalue weighted by atomic mass is 32.2. The van der Waals surface area contributed by atoms with Crippen LogP contribution >= 0.6 is 23.5 Å². The van der Waals surface area contributed by atoms with E-state index in [-0.39, 0.29) is 23.5 Å². The third kappa shape index (κ3) is 3.47. The van der Waals surface area contributed by atoms with Gasteiger partial charge in [-0.15, -0.1) is 16.9 Å². The van der Waals surface area contributed by atoms with E-state index in [2.05, 4.69) is 20.8 Å². The van der Waals surface area contributed by atoms with E-state index in [4.69, 9.17) is 11.5 Å². The van der Waals surface area contributed by atoms with Crippen molar-refractivity contribution < 1.29 is 19.5 Å². The van der Waals surface area contributed by atoms with Gasteiger partial charge in [0.25, 0.3) is 0 Å². The van der Waals surface area contributed by atoms with E-state index in [1.807, 2.05) is 0 Å². The van der Waals surface area contributed by atoms with Crippen LogP contribution in [0.4, 0.5) is 4.79 Å². The molecular weight excluding hydrogens is 384 g/mol. The molecule has 0 bridgehead atoms. The maximum atomic E-state index is 11.9. The molecule has 1 aromatic heterocycles. The molecule has 2 aliphatic rings. The number of nitrogens with zero attached hydrogens (tertiary/aromatic N) is 5. The quantitative estimate of drug-likeness (QED) is 0.295. The fourth-order valence-electron chi connectivity index (χ4n) is 2.57. The first-order valence-corrected chi connectivity index (χ1v) is 9.51. The number of aromatic nitrogens is 4. The van der Waals surface area contributed by atoms with Crippen molar-refractivity contribution in [2.45, 2.75) is 23.1 Å². The zero-order chi connectivity index (χ0) is 18.8. The third-order valence-corrected chi connectivity index (χ3v) is 6.19. The highest BCUT2D eigenvalue weighted by Gasteiger charge is 2.51. The van der Waals surface area contributed by atoms with Gasteiger partial charge in [0, 0.05) is 18.1 Å². The molecule has 12 nitrogen and oxygen atoms in total. The Bertz CT molecular complexity index is 781. The summed E-state index contributed by atoms with van der Waals surface area (Å²) in [7, 11) is 0. The molecule has 0 aromatic carbocycles. The number of carboxylic acids is 1. The normalized spacial score (nSPS) is 22.0. The summed E-state index contributed by atoms with van der Waals surface area (Å²) in [6, 6.07) is -1.30. The second kappa shape index (κ2) is 7.51. The van der Waals surface area contributed by atoms with Crippen molar-refractivity contribution >= 4 is 41.4 Å². The van der Waals surface area contributed by atoms with Crippen LogP contribution < -0.4 is 16.8 Å². The summed E-state index contributed by atoms with van der Waals surface area (Å²) < 4.78 is 1.48. The van der Waals surface area contributed by atoms with E-state index in [1.54, 1.807) is 0 Å². The molecule has 0 radical (unpaired) electrons. The van der Waals surface area contributed by atoms with Crippen LogP contribution in [0, 0.1) is 0 Å².